The van der Waals surface area contributed by atoms with E-state index in [-0.39, 0.29) is 11.9 Å². The molecule has 1 heterocycles. The number of hydrogen-bond donors (Lipinski definition) is 2. The number of rotatable bonds is 2. The van der Waals surface area contributed by atoms with Crippen molar-refractivity contribution < 1.29 is 4.79 Å². The normalized spacial score (nSPS) is 17.1. The monoisotopic (exact) mass is 300 g/mol. The number of anilines is 1. The third-order valence-electron chi connectivity index (χ3n) is 3.75. The quantitative estimate of drug-likeness (QED) is 0.891. The molecule has 0 aromatic heterocycles. The lowest BCUT2D eigenvalue weighted by atomic mass is 9.94. The molecule has 1 aliphatic heterocycles. The minimum absolute atomic E-state index is 0.0760. The number of aryl methyl sites for hydroxylation is 1. The molecule has 0 spiro atoms. The lowest BCUT2D eigenvalue weighted by Gasteiger charge is -2.26. The number of carbonyl (C=O) groups is 1. The summed E-state index contributed by atoms with van der Waals surface area (Å²) in [4.78, 5) is 12.5. The summed E-state index contributed by atoms with van der Waals surface area (Å²) < 4.78 is 0. The summed E-state index contributed by atoms with van der Waals surface area (Å²) in [6.07, 6.45) is 0.950. The van der Waals surface area contributed by atoms with Gasteiger partial charge in [0.15, 0.2) is 0 Å². The SMILES string of the molecule is Cc1ccc(NC(=O)C2NCCc3ccccc32)c(Cl)c1. The number of fused-ring (bicyclic) bond motifs is 1. The fourth-order valence-electron chi connectivity index (χ4n) is 2.66. The number of hydrogen-bond acceptors (Lipinski definition) is 2. The van der Waals surface area contributed by atoms with E-state index in [2.05, 4.69) is 16.7 Å². The molecule has 108 valence electrons. The molecule has 0 radical (unpaired) electrons. The van der Waals surface area contributed by atoms with Gasteiger partial charge in [-0.2, -0.15) is 0 Å². The smallest absolute Gasteiger partial charge is 0.246 e. The molecular formula is C17H17ClN2O. The summed E-state index contributed by atoms with van der Waals surface area (Å²) in [5.74, 6) is -0.0760. The first-order valence-electron chi connectivity index (χ1n) is 7.03. The average Bonchev–Trinajstić information content (AvgIpc) is 2.49. The Kier molecular flexibility index (Phi) is 3.95. The fourth-order valence-corrected chi connectivity index (χ4v) is 2.95. The van der Waals surface area contributed by atoms with Gasteiger partial charge >= 0.3 is 0 Å². The molecule has 1 amide bonds. The molecule has 0 aliphatic carbocycles. The van der Waals surface area contributed by atoms with E-state index in [9.17, 15) is 4.79 Å². The lowest BCUT2D eigenvalue weighted by Crippen LogP contribution is -2.38. The first-order chi connectivity index (χ1) is 10.1. The molecule has 0 fully saturated rings. The molecule has 4 heteroatoms. The van der Waals surface area contributed by atoms with Gasteiger partial charge < -0.3 is 10.6 Å². The predicted octanol–water partition coefficient (Wildman–Crippen LogP) is 3.47. The predicted molar refractivity (Wildman–Crippen MR) is 85.7 cm³/mol. The summed E-state index contributed by atoms with van der Waals surface area (Å²) in [5.41, 5.74) is 3.99. The highest BCUT2D eigenvalue weighted by Gasteiger charge is 2.26. The molecule has 1 atom stereocenters. The molecule has 2 aromatic rings. The van der Waals surface area contributed by atoms with Crippen LogP contribution in [0.1, 0.15) is 22.7 Å². The second kappa shape index (κ2) is 5.88. The van der Waals surface area contributed by atoms with Crippen molar-refractivity contribution in [2.45, 2.75) is 19.4 Å². The highest BCUT2D eigenvalue weighted by atomic mass is 35.5. The van der Waals surface area contributed by atoms with E-state index in [1.54, 1.807) is 0 Å². The van der Waals surface area contributed by atoms with Gasteiger partial charge in [0.05, 0.1) is 10.7 Å². The summed E-state index contributed by atoms with van der Waals surface area (Å²) in [6, 6.07) is 13.3. The summed E-state index contributed by atoms with van der Waals surface area (Å²) in [6.45, 7) is 2.77. The van der Waals surface area contributed by atoms with Crippen LogP contribution >= 0.6 is 11.6 Å². The van der Waals surface area contributed by atoms with Gasteiger partial charge in [0.2, 0.25) is 5.91 Å². The maximum Gasteiger partial charge on any atom is 0.246 e. The molecule has 2 aromatic carbocycles. The van der Waals surface area contributed by atoms with Crippen molar-refractivity contribution in [1.82, 2.24) is 5.32 Å². The number of amides is 1. The number of benzene rings is 2. The Bertz CT molecular complexity index is 684. The standard InChI is InChI=1S/C17H17ClN2O/c1-11-6-7-15(14(18)10-11)20-17(21)16-13-5-3-2-4-12(13)8-9-19-16/h2-7,10,16,19H,8-9H2,1H3,(H,20,21). The van der Waals surface area contributed by atoms with Crippen molar-refractivity contribution >= 4 is 23.2 Å². The van der Waals surface area contributed by atoms with Gasteiger partial charge in [-0.1, -0.05) is 41.9 Å². The van der Waals surface area contributed by atoms with Gasteiger partial charge in [0.25, 0.3) is 0 Å². The van der Waals surface area contributed by atoms with Crippen molar-refractivity contribution in [3.05, 3.63) is 64.2 Å². The van der Waals surface area contributed by atoms with Crippen molar-refractivity contribution in [2.75, 3.05) is 11.9 Å². The van der Waals surface area contributed by atoms with Crippen LogP contribution in [-0.2, 0) is 11.2 Å². The molecule has 1 unspecified atom stereocenters. The Morgan fingerprint density at radius 3 is 2.90 bits per heavy atom. The maximum atomic E-state index is 12.5. The maximum absolute atomic E-state index is 12.5. The Morgan fingerprint density at radius 2 is 2.10 bits per heavy atom. The van der Waals surface area contributed by atoms with E-state index in [0.717, 1.165) is 24.1 Å². The minimum atomic E-state index is -0.327. The second-order valence-corrected chi connectivity index (χ2v) is 5.72. The summed E-state index contributed by atoms with van der Waals surface area (Å²) >= 11 is 6.18. The molecule has 3 rings (SSSR count). The Balaban J connectivity index is 1.83. The molecule has 0 saturated heterocycles. The molecule has 0 bridgehead atoms. The van der Waals surface area contributed by atoms with Gasteiger partial charge in [0, 0.05) is 6.54 Å². The number of halogens is 1. The molecule has 0 saturated carbocycles. The van der Waals surface area contributed by atoms with Gasteiger partial charge in [-0.15, -0.1) is 0 Å². The van der Waals surface area contributed by atoms with Gasteiger partial charge in [0.1, 0.15) is 6.04 Å². The molecule has 2 N–H and O–H groups in total. The number of nitrogens with one attached hydrogen (secondary N) is 2. The van der Waals surface area contributed by atoms with Crippen molar-refractivity contribution in [2.24, 2.45) is 0 Å². The van der Waals surface area contributed by atoms with Crippen LogP contribution in [0.2, 0.25) is 5.02 Å². The van der Waals surface area contributed by atoms with Crippen LogP contribution in [0, 0.1) is 6.92 Å². The molecular weight excluding hydrogens is 284 g/mol. The van der Waals surface area contributed by atoms with E-state index in [1.165, 1.54) is 5.56 Å². The van der Waals surface area contributed by atoms with Crippen LogP contribution < -0.4 is 10.6 Å². The molecule has 1 aliphatic rings. The van der Waals surface area contributed by atoms with Crippen LogP contribution in [0.25, 0.3) is 0 Å². The zero-order chi connectivity index (χ0) is 14.8. The van der Waals surface area contributed by atoms with Gasteiger partial charge in [-0.25, -0.2) is 0 Å². The zero-order valence-electron chi connectivity index (χ0n) is 11.8. The van der Waals surface area contributed by atoms with Crippen LogP contribution in [0.4, 0.5) is 5.69 Å². The van der Waals surface area contributed by atoms with E-state index in [0.29, 0.717) is 10.7 Å². The molecule has 21 heavy (non-hydrogen) atoms. The van der Waals surface area contributed by atoms with E-state index in [4.69, 9.17) is 11.6 Å². The Hall–Kier alpha value is -1.84. The Labute approximate surface area is 129 Å². The van der Waals surface area contributed by atoms with Crippen molar-refractivity contribution in [3.8, 4) is 0 Å². The van der Waals surface area contributed by atoms with E-state index in [1.807, 2.05) is 43.3 Å². The summed E-state index contributed by atoms with van der Waals surface area (Å²) in [5, 5.41) is 6.75. The second-order valence-electron chi connectivity index (χ2n) is 5.31. The fraction of sp³-hybridized carbons (Fsp3) is 0.235. The average molecular weight is 301 g/mol. The van der Waals surface area contributed by atoms with Crippen molar-refractivity contribution in [1.29, 1.82) is 0 Å². The largest absolute Gasteiger partial charge is 0.323 e. The Morgan fingerprint density at radius 1 is 1.29 bits per heavy atom. The lowest BCUT2D eigenvalue weighted by molar-refractivity contribution is -0.118. The minimum Gasteiger partial charge on any atom is -0.323 e. The van der Waals surface area contributed by atoms with Crippen LogP contribution in [-0.4, -0.2) is 12.5 Å². The highest BCUT2D eigenvalue weighted by Crippen LogP contribution is 2.27. The van der Waals surface area contributed by atoms with Gasteiger partial charge in [-0.3, -0.25) is 4.79 Å². The van der Waals surface area contributed by atoms with Crippen LogP contribution in [0.15, 0.2) is 42.5 Å². The van der Waals surface area contributed by atoms with E-state index < -0.39 is 0 Å². The van der Waals surface area contributed by atoms with E-state index >= 15 is 0 Å². The van der Waals surface area contributed by atoms with Crippen LogP contribution in [0.3, 0.4) is 0 Å². The van der Waals surface area contributed by atoms with Crippen LogP contribution in [0.5, 0.6) is 0 Å². The zero-order valence-corrected chi connectivity index (χ0v) is 12.6. The third-order valence-corrected chi connectivity index (χ3v) is 4.07. The highest BCUT2D eigenvalue weighted by molar-refractivity contribution is 6.33. The van der Waals surface area contributed by atoms with Crippen molar-refractivity contribution in [3.63, 3.8) is 0 Å². The summed E-state index contributed by atoms with van der Waals surface area (Å²) in [7, 11) is 0. The molecule has 3 nitrogen and oxygen atoms in total. The topological polar surface area (TPSA) is 41.1 Å². The number of carbonyl (C=O) groups excluding carboxylic acids is 1. The first kappa shape index (κ1) is 14.1. The van der Waals surface area contributed by atoms with Gasteiger partial charge in [-0.05, 0) is 42.2 Å². The third kappa shape index (κ3) is 2.94. The first-order valence-corrected chi connectivity index (χ1v) is 7.41.